The van der Waals surface area contributed by atoms with Gasteiger partial charge in [0.2, 0.25) is 5.91 Å². The molecule has 2 aromatic rings. The molecule has 0 fully saturated rings. The molecule has 102 valence electrons. The number of carbonyl (C=O) groups is 1. The maximum Gasteiger partial charge on any atom is 0.244 e. The predicted octanol–water partition coefficient (Wildman–Crippen LogP) is 2.42. The lowest BCUT2D eigenvalue weighted by Gasteiger charge is -2.08. The van der Waals surface area contributed by atoms with Gasteiger partial charge in [-0.2, -0.15) is 0 Å². The highest BCUT2D eigenvalue weighted by Crippen LogP contribution is 2.16. The maximum atomic E-state index is 11.7. The Kier molecular flexibility index (Phi) is 4.89. The van der Waals surface area contributed by atoms with E-state index in [-0.39, 0.29) is 5.91 Å². The third-order valence-electron chi connectivity index (χ3n) is 2.78. The average Bonchev–Trinajstić information content (AvgIpc) is 2.52. The van der Waals surface area contributed by atoms with Crippen LogP contribution in [-0.4, -0.2) is 18.0 Å². The quantitative estimate of drug-likeness (QED) is 0.847. The Hall–Kier alpha value is -2.62. The summed E-state index contributed by atoms with van der Waals surface area (Å²) in [6.07, 6.45) is 6.63. The van der Waals surface area contributed by atoms with Crippen molar-refractivity contribution in [1.29, 1.82) is 0 Å². The summed E-state index contributed by atoms with van der Waals surface area (Å²) in [6.45, 7) is 0.434. The molecular formula is C16H16N2O2. The van der Waals surface area contributed by atoms with Crippen molar-refractivity contribution >= 4 is 12.0 Å². The summed E-state index contributed by atoms with van der Waals surface area (Å²) < 4.78 is 5.23. The lowest BCUT2D eigenvalue weighted by atomic mass is 10.2. The standard InChI is InChI=1S/C16H16N2O2/c1-20-15-5-3-2-4-14(15)12-18-16(19)7-6-13-8-10-17-11-9-13/h2-11H,12H2,1H3,(H,18,19)/b7-6+. The number of para-hydroxylation sites is 1. The molecule has 0 spiro atoms. The van der Waals surface area contributed by atoms with E-state index < -0.39 is 0 Å². The number of rotatable bonds is 5. The van der Waals surface area contributed by atoms with Crippen LogP contribution in [0.15, 0.2) is 54.9 Å². The van der Waals surface area contributed by atoms with Crippen LogP contribution >= 0.6 is 0 Å². The predicted molar refractivity (Wildman–Crippen MR) is 78.1 cm³/mol. The lowest BCUT2D eigenvalue weighted by molar-refractivity contribution is -0.116. The number of methoxy groups -OCH3 is 1. The van der Waals surface area contributed by atoms with Crippen LogP contribution in [0.25, 0.3) is 6.08 Å². The van der Waals surface area contributed by atoms with Gasteiger partial charge in [0, 0.05) is 30.6 Å². The zero-order valence-electron chi connectivity index (χ0n) is 11.2. The molecule has 1 heterocycles. The van der Waals surface area contributed by atoms with E-state index in [2.05, 4.69) is 10.3 Å². The SMILES string of the molecule is COc1ccccc1CNC(=O)/C=C/c1ccncc1. The van der Waals surface area contributed by atoms with Gasteiger partial charge in [-0.3, -0.25) is 9.78 Å². The third kappa shape index (κ3) is 3.95. The number of pyridine rings is 1. The summed E-state index contributed by atoms with van der Waals surface area (Å²) in [4.78, 5) is 15.7. The van der Waals surface area contributed by atoms with Gasteiger partial charge in [0.25, 0.3) is 0 Å². The number of aromatic nitrogens is 1. The van der Waals surface area contributed by atoms with E-state index in [0.29, 0.717) is 6.54 Å². The Bertz CT molecular complexity index is 594. The Morgan fingerprint density at radius 2 is 2.00 bits per heavy atom. The minimum Gasteiger partial charge on any atom is -0.496 e. The highest BCUT2D eigenvalue weighted by molar-refractivity contribution is 5.91. The molecule has 2 rings (SSSR count). The molecule has 0 bridgehead atoms. The number of benzene rings is 1. The van der Waals surface area contributed by atoms with Crippen LogP contribution in [0, 0.1) is 0 Å². The smallest absolute Gasteiger partial charge is 0.244 e. The molecule has 0 aliphatic rings. The fourth-order valence-electron chi connectivity index (χ4n) is 1.74. The van der Waals surface area contributed by atoms with E-state index in [1.165, 1.54) is 6.08 Å². The third-order valence-corrected chi connectivity index (χ3v) is 2.78. The van der Waals surface area contributed by atoms with Gasteiger partial charge in [0.15, 0.2) is 0 Å². The van der Waals surface area contributed by atoms with Crippen LogP contribution in [0.5, 0.6) is 5.75 Å². The van der Waals surface area contributed by atoms with Crippen molar-refractivity contribution in [1.82, 2.24) is 10.3 Å². The van der Waals surface area contributed by atoms with Crippen LogP contribution < -0.4 is 10.1 Å². The summed E-state index contributed by atoms with van der Waals surface area (Å²) in [7, 11) is 1.62. The van der Waals surface area contributed by atoms with Crippen molar-refractivity contribution in [3.8, 4) is 5.75 Å². The van der Waals surface area contributed by atoms with Crippen LogP contribution in [0.4, 0.5) is 0 Å². The molecule has 4 heteroatoms. The minimum atomic E-state index is -0.146. The first-order valence-electron chi connectivity index (χ1n) is 6.27. The number of nitrogens with zero attached hydrogens (tertiary/aromatic N) is 1. The highest BCUT2D eigenvalue weighted by atomic mass is 16.5. The van der Waals surface area contributed by atoms with Crippen LogP contribution in [0.2, 0.25) is 0 Å². The molecular weight excluding hydrogens is 252 g/mol. The Labute approximate surface area is 118 Å². The zero-order chi connectivity index (χ0) is 14.2. The molecule has 1 aromatic carbocycles. The average molecular weight is 268 g/mol. The monoisotopic (exact) mass is 268 g/mol. The van der Waals surface area contributed by atoms with Crippen molar-refractivity contribution in [2.24, 2.45) is 0 Å². The van der Waals surface area contributed by atoms with Gasteiger partial charge in [0.1, 0.15) is 5.75 Å². The molecule has 20 heavy (non-hydrogen) atoms. The van der Waals surface area contributed by atoms with Crippen LogP contribution in [0.1, 0.15) is 11.1 Å². The van der Waals surface area contributed by atoms with E-state index in [0.717, 1.165) is 16.9 Å². The van der Waals surface area contributed by atoms with Gasteiger partial charge in [-0.1, -0.05) is 18.2 Å². The molecule has 0 radical (unpaired) electrons. The Balaban J connectivity index is 1.91. The molecule has 0 aliphatic heterocycles. The topological polar surface area (TPSA) is 51.2 Å². The van der Waals surface area contributed by atoms with Crippen LogP contribution in [-0.2, 0) is 11.3 Å². The second kappa shape index (κ2) is 7.09. The normalized spacial score (nSPS) is 10.4. The van der Waals surface area contributed by atoms with Gasteiger partial charge >= 0.3 is 0 Å². The molecule has 0 aliphatic carbocycles. The van der Waals surface area contributed by atoms with E-state index >= 15 is 0 Å². The minimum absolute atomic E-state index is 0.146. The highest BCUT2D eigenvalue weighted by Gasteiger charge is 2.02. The van der Waals surface area contributed by atoms with E-state index in [4.69, 9.17) is 4.74 Å². The lowest BCUT2D eigenvalue weighted by Crippen LogP contribution is -2.20. The second-order valence-electron chi connectivity index (χ2n) is 4.14. The van der Waals surface area contributed by atoms with Crippen molar-refractivity contribution in [2.45, 2.75) is 6.54 Å². The van der Waals surface area contributed by atoms with Crippen molar-refractivity contribution in [3.05, 3.63) is 66.0 Å². The first-order chi connectivity index (χ1) is 9.79. The van der Waals surface area contributed by atoms with Crippen molar-refractivity contribution < 1.29 is 9.53 Å². The van der Waals surface area contributed by atoms with Gasteiger partial charge < -0.3 is 10.1 Å². The number of amides is 1. The molecule has 1 N–H and O–H groups in total. The van der Waals surface area contributed by atoms with E-state index in [1.807, 2.05) is 36.4 Å². The van der Waals surface area contributed by atoms with Gasteiger partial charge in [0.05, 0.1) is 7.11 Å². The fraction of sp³-hybridized carbons (Fsp3) is 0.125. The first-order valence-corrected chi connectivity index (χ1v) is 6.27. The zero-order valence-corrected chi connectivity index (χ0v) is 11.2. The van der Waals surface area contributed by atoms with Gasteiger partial charge in [-0.05, 0) is 29.8 Å². The summed E-state index contributed by atoms with van der Waals surface area (Å²) in [5.74, 6) is 0.624. The number of ether oxygens (including phenoxy) is 1. The molecule has 1 amide bonds. The largest absolute Gasteiger partial charge is 0.496 e. The summed E-state index contributed by atoms with van der Waals surface area (Å²) in [5, 5.41) is 2.82. The second-order valence-corrected chi connectivity index (χ2v) is 4.14. The first kappa shape index (κ1) is 13.8. The Morgan fingerprint density at radius 3 is 2.75 bits per heavy atom. The number of hydrogen-bond donors (Lipinski definition) is 1. The van der Waals surface area contributed by atoms with Gasteiger partial charge in [-0.15, -0.1) is 0 Å². The van der Waals surface area contributed by atoms with E-state index in [1.54, 1.807) is 25.6 Å². The number of hydrogen-bond acceptors (Lipinski definition) is 3. The summed E-state index contributed by atoms with van der Waals surface area (Å²) in [5.41, 5.74) is 1.88. The van der Waals surface area contributed by atoms with Crippen molar-refractivity contribution in [3.63, 3.8) is 0 Å². The molecule has 0 unspecified atom stereocenters. The van der Waals surface area contributed by atoms with Crippen molar-refractivity contribution in [2.75, 3.05) is 7.11 Å². The van der Waals surface area contributed by atoms with E-state index in [9.17, 15) is 4.79 Å². The fourth-order valence-corrected chi connectivity index (χ4v) is 1.74. The number of carbonyl (C=O) groups excluding carboxylic acids is 1. The molecule has 4 nitrogen and oxygen atoms in total. The molecule has 1 aromatic heterocycles. The molecule has 0 saturated carbocycles. The van der Waals surface area contributed by atoms with Crippen LogP contribution in [0.3, 0.4) is 0 Å². The molecule has 0 saturated heterocycles. The summed E-state index contributed by atoms with van der Waals surface area (Å²) in [6, 6.07) is 11.3. The number of nitrogens with one attached hydrogen (secondary N) is 1. The maximum absolute atomic E-state index is 11.7. The molecule has 0 atom stereocenters. The van der Waals surface area contributed by atoms with Gasteiger partial charge in [-0.25, -0.2) is 0 Å². The Morgan fingerprint density at radius 1 is 1.25 bits per heavy atom. The summed E-state index contributed by atoms with van der Waals surface area (Å²) >= 11 is 0.